The second-order valence-electron chi connectivity index (χ2n) is 3.89. The topological polar surface area (TPSA) is 80.7 Å². The average molecular weight is 253 g/mol. The SMILES string of the molecule is CC1OCCC1Sc1ccc(/C(N)=N/O)nc1. The van der Waals surface area contributed by atoms with E-state index < -0.39 is 0 Å². The summed E-state index contributed by atoms with van der Waals surface area (Å²) < 4.78 is 5.50. The first-order valence-corrected chi connectivity index (χ1v) is 6.31. The molecule has 1 aromatic rings. The van der Waals surface area contributed by atoms with Gasteiger partial charge in [-0.25, -0.2) is 0 Å². The Morgan fingerprint density at radius 3 is 3.00 bits per heavy atom. The lowest BCUT2D eigenvalue weighted by Gasteiger charge is -2.13. The molecular weight excluding hydrogens is 238 g/mol. The van der Waals surface area contributed by atoms with E-state index in [4.69, 9.17) is 15.7 Å². The average Bonchev–Trinajstić information content (AvgIpc) is 2.75. The van der Waals surface area contributed by atoms with Crippen LogP contribution in [-0.4, -0.2) is 34.0 Å². The van der Waals surface area contributed by atoms with Crippen molar-refractivity contribution < 1.29 is 9.94 Å². The zero-order chi connectivity index (χ0) is 12.3. The molecule has 5 nitrogen and oxygen atoms in total. The van der Waals surface area contributed by atoms with Crippen LogP contribution < -0.4 is 5.73 Å². The van der Waals surface area contributed by atoms with Gasteiger partial charge in [-0.1, -0.05) is 5.16 Å². The summed E-state index contributed by atoms with van der Waals surface area (Å²) in [6.45, 7) is 2.91. The van der Waals surface area contributed by atoms with Gasteiger partial charge in [0.05, 0.1) is 6.10 Å². The number of nitrogens with two attached hydrogens (primary N) is 1. The van der Waals surface area contributed by atoms with Crippen molar-refractivity contribution in [1.82, 2.24) is 4.98 Å². The van der Waals surface area contributed by atoms with Crippen molar-refractivity contribution >= 4 is 17.6 Å². The number of pyridine rings is 1. The summed E-state index contributed by atoms with van der Waals surface area (Å²) in [6.07, 6.45) is 3.08. The van der Waals surface area contributed by atoms with E-state index in [-0.39, 0.29) is 11.9 Å². The molecule has 0 amide bonds. The van der Waals surface area contributed by atoms with Gasteiger partial charge in [-0.15, -0.1) is 11.8 Å². The number of nitrogens with zero attached hydrogens (tertiary/aromatic N) is 2. The Morgan fingerprint density at radius 1 is 1.65 bits per heavy atom. The molecule has 6 heteroatoms. The second-order valence-corrected chi connectivity index (χ2v) is 5.20. The van der Waals surface area contributed by atoms with Crippen LogP contribution in [0, 0.1) is 0 Å². The van der Waals surface area contributed by atoms with Crippen LogP contribution in [0.25, 0.3) is 0 Å². The molecule has 1 aliphatic heterocycles. The minimum absolute atomic E-state index is 0.0270. The number of aromatic nitrogens is 1. The van der Waals surface area contributed by atoms with Gasteiger partial charge in [0.1, 0.15) is 5.69 Å². The lowest BCUT2D eigenvalue weighted by Crippen LogP contribution is -2.15. The summed E-state index contributed by atoms with van der Waals surface area (Å²) in [5.74, 6) is 0.0270. The molecule has 1 saturated heterocycles. The summed E-state index contributed by atoms with van der Waals surface area (Å²) in [4.78, 5) is 5.21. The number of ether oxygens (including phenoxy) is 1. The molecule has 3 N–H and O–H groups in total. The molecule has 1 aliphatic rings. The van der Waals surface area contributed by atoms with E-state index in [0.29, 0.717) is 10.9 Å². The molecule has 92 valence electrons. The first-order chi connectivity index (χ1) is 8.20. The van der Waals surface area contributed by atoms with Gasteiger partial charge in [0.2, 0.25) is 0 Å². The van der Waals surface area contributed by atoms with Gasteiger partial charge in [-0.2, -0.15) is 0 Å². The summed E-state index contributed by atoms with van der Waals surface area (Å²) in [5, 5.41) is 11.9. The van der Waals surface area contributed by atoms with Crippen molar-refractivity contribution in [2.24, 2.45) is 10.9 Å². The second kappa shape index (κ2) is 5.37. The van der Waals surface area contributed by atoms with Crippen LogP contribution in [0.2, 0.25) is 0 Å². The van der Waals surface area contributed by atoms with Crippen molar-refractivity contribution in [2.75, 3.05) is 6.61 Å². The number of hydrogen-bond acceptors (Lipinski definition) is 5. The number of rotatable bonds is 3. The maximum Gasteiger partial charge on any atom is 0.188 e. The molecule has 0 radical (unpaired) electrons. The molecule has 2 unspecified atom stereocenters. The normalized spacial score (nSPS) is 25.1. The zero-order valence-electron chi connectivity index (χ0n) is 9.54. The van der Waals surface area contributed by atoms with Gasteiger partial charge in [-0.05, 0) is 25.5 Å². The van der Waals surface area contributed by atoms with Crippen molar-refractivity contribution in [2.45, 2.75) is 29.6 Å². The highest BCUT2D eigenvalue weighted by atomic mass is 32.2. The van der Waals surface area contributed by atoms with Crippen LogP contribution in [0.5, 0.6) is 0 Å². The maximum absolute atomic E-state index is 8.52. The Bertz CT molecular complexity index is 408. The highest BCUT2D eigenvalue weighted by molar-refractivity contribution is 8.00. The third-order valence-corrected chi connectivity index (χ3v) is 4.14. The van der Waals surface area contributed by atoms with Crippen LogP contribution in [0.1, 0.15) is 19.0 Å². The van der Waals surface area contributed by atoms with E-state index >= 15 is 0 Å². The number of hydrogen-bond donors (Lipinski definition) is 2. The first-order valence-electron chi connectivity index (χ1n) is 5.43. The third-order valence-electron chi connectivity index (χ3n) is 2.70. The number of amidine groups is 1. The van der Waals surface area contributed by atoms with Crippen LogP contribution in [-0.2, 0) is 4.74 Å². The van der Waals surface area contributed by atoms with Crippen LogP contribution in [0.4, 0.5) is 0 Å². The molecule has 1 aromatic heterocycles. The van der Waals surface area contributed by atoms with E-state index in [0.717, 1.165) is 17.9 Å². The zero-order valence-corrected chi connectivity index (χ0v) is 10.4. The fourth-order valence-electron chi connectivity index (χ4n) is 1.69. The van der Waals surface area contributed by atoms with E-state index in [1.54, 1.807) is 24.0 Å². The molecule has 0 saturated carbocycles. The van der Waals surface area contributed by atoms with Gasteiger partial charge in [-0.3, -0.25) is 4.98 Å². The van der Waals surface area contributed by atoms with Gasteiger partial charge in [0.25, 0.3) is 0 Å². The lowest BCUT2D eigenvalue weighted by atomic mass is 10.3. The summed E-state index contributed by atoms with van der Waals surface area (Å²) in [5.41, 5.74) is 5.92. The number of thioether (sulfide) groups is 1. The molecule has 0 aromatic carbocycles. The van der Waals surface area contributed by atoms with Gasteiger partial charge < -0.3 is 15.7 Å². The highest BCUT2D eigenvalue weighted by Crippen LogP contribution is 2.31. The molecule has 17 heavy (non-hydrogen) atoms. The van der Waals surface area contributed by atoms with Crippen molar-refractivity contribution in [1.29, 1.82) is 0 Å². The van der Waals surface area contributed by atoms with E-state index in [2.05, 4.69) is 17.1 Å². The fraction of sp³-hybridized carbons (Fsp3) is 0.455. The first kappa shape index (κ1) is 12.2. The molecular formula is C11H15N3O2S. The van der Waals surface area contributed by atoms with Gasteiger partial charge in [0.15, 0.2) is 5.84 Å². The molecule has 2 atom stereocenters. The molecule has 0 bridgehead atoms. The monoisotopic (exact) mass is 253 g/mol. The summed E-state index contributed by atoms with van der Waals surface area (Å²) in [6, 6.07) is 3.67. The minimum atomic E-state index is 0.0270. The quantitative estimate of drug-likeness (QED) is 0.369. The maximum atomic E-state index is 8.52. The van der Waals surface area contributed by atoms with Crippen LogP contribution >= 0.6 is 11.8 Å². The summed E-state index contributed by atoms with van der Waals surface area (Å²) >= 11 is 1.76. The van der Waals surface area contributed by atoms with E-state index in [1.165, 1.54) is 0 Å². The molecule has 2 heterocycles. The van der Waals surface area contributed by atoms with Crippen molar-refractivity contribution in [3.05, 3.63) is 24.0 Å². The van der Waals surface area contributed by atoms with Crippen LogP contribution in [0.15, 0.2) is 28.4 Å². The third kappa shape index (κ3) is 2.89. The smallest absolute Gasteiger partial charge is 0.188 e. The highest BCUT2D eigenvalue weighted by Gasteiger charge is 2.25. The Kier molecular flexibility index (Phi) is 3.86. The predicted octanol–water partition coefficient (Wildman–Crippen LogP) is 1.45. The fourth-order valence-corrected chi connectivity index (χ4v) is 2.79. The van der Waals surface area contributed by atoms with Gasteiger partial charge in [0, 0.05) is 22.9 Å². The minimum Gasteiger partial charge on any atom is -0.409 e. The Morgan fingerprint density at radius 2 is 2.47 bits per heavy atom. The Balaban J connectivity index is 2.03. The Hall–Kier alpha value is -1.27. The molecule has 0 spiro atoms. The van der Waals surface area contributed by atoms with Gasteiger partial charge >= 0.3 is 0 Å². The van der Waals surface area contributed by atoms with E-state index in [1.807, 2.05) is 6.07 Å². The van der Waals surface area contributed by atoms with Crippen molar-refractivity contribution in [3.63, 3.8) is 0 Å². The van der Waals surface area contributed by atoms with E-state index in [9.17, 15) is 0 Å². The summed E-state index contributed by atoms with van der Waals surface area (Å²) in [7, 11) is 0. The molecule has 2 rings (SSSR count). The lowest BCUT2D eigenvalue weighted by molar-refractivity contribution is 0.127. The Labute approximate surface area is 104 Å². The predicted molar refractivity (Wildman–Crippen MR) is 66.4 cm³/mol. The van der Waals surface area contributed by atoms with Crippen molar-refractivity contribution in [3.8, 4) is 0 Å². The molecule has 1 fully saturated rings. The number of oxime groups is 1. The van der Waals surface area contributed by atoms with Crippen LogP contribution in [0.3, 0.4) is 0 Å². The molecule has 0 aliphatic carbocycles. The standard InChI is InChI=1S/C11H15N3O2S/c1-7-10(4-5-16-7)17-8-2-3-9(13-6-8)11(12)14-15/h2-3,6-7,10,15H,4-5H2,1H3,(H2,12,14). The largest absolute Gasteiger partial charge is 0.409 e.